The van der Waals surface area contributed by atoms with Gasteiger partial charge in [-0.2, -0.15) is 11.8 Å². The highest BCUT2D eigenvalue weighted by Crippen LogP contribution is 2.19. The number of likely N-dealkylation sites (tertiary alicyclic amines) is 1. The zero-order valence-corrected chi connectivity index (χ0v) is 48.8. The molecular formula is C54H81N19O12S. The number of guanidine groups is 2. The van der Waals surface area contributed by atoms with Crippen molar-refractivity contribution in [2.24, 2.45) is 44.4 Å². The van der Waals surface area contributed by atoms with Gasteiger partial charge in [0, 0.05) is 50.8 Å². The van der Waals surface area contributed by atoms with Crippen molar-refractivity contribution >= 4 is 82.8 Å². The number of amides is 10. The first kappa shape index (κ1) is 69.5. The fourth-order valence-electron chi connectivity index (χ4n) is 8.95. The van der Waals surface area contributed by atoms with E-state index in [9.17, 15) is 58.2 Å². The number of hydrogen-bond acceptors (Lipinski definition) is 17. The highest BCUT2D eigenvalue weighted by Gasteiger charge is 2.38. The lowest BCUT2D eigenvalue weighted by molar-refractivity contribution is -0.140. The molecule has 0 spiro atoms. The number of phenolic OH excluding ortho intramolecular Hbond substituents is 1. The van der Waals surface area contributed by atoms with Gasteiger partial charge in [-0.05, 0) is 87.1 Å². The van der Waals surface area contributed by atoms with Crippen LogP contribution in [0.5, 0.6) is 5.75 Å². The van der Waals surface area contributed by atoms with E-state index in [0.717, 1.165) is 0 Å². The maximum absolute atomic E-state index is 14.7. The quantitative estimate of drug-likeness (QED) is 0.0147. The highest BCUT2D eigenvalue weighted by molar-refractivity contribution is 7.98. The number of rotatable bonds is 36. The van der Waals surface area contributed by atoms with Crippen molar-refractivity contribution in [1.82, 2.24) is 57.4 Å². The lowest BCUT2D eigenvalue weighted by Gasteiger charge is -2.29. The molecule has 0 saturated carbocycles. The number of imidazole rings is 1. The number of carbonyl (C=O) groups is 10. The van der Waals surface area contributed by atoms with Gasteiger partial charge in [0.1, 0.15) is 54.1 Å². The third-order valence-corrected chi connectivity index (χ3v) is 14.1. The number of benzene rings is 2. The maximum Gasteiger partial charge on any atom is 0.245 e. The van der Waals surface area contributed by atoms with Crippen LogP contribution in [0.3, 0.4) is 0 Å². The number of aliphatic hydroxyl groups excluding tert-OH is 1. The van der Waals surface area contributed by atoms with Crippen LogP contribution in [0.4, 0.5) is 0 Å². The summed E-state index contributed by atoms with van der Waals surface area (Å²) in [6.45, 7) is 0.225. The molecule has 86 heavy (non-hydrogen) atoms. The molecule has 0 bridgehead atoms. The number of thioether (sulfide) groups is 1. The Bertz CT molecular complexity index is 2800. The molecule has 31 nitrogen and oxygen atoms in total. The Kier molecular flexibility index (Phi) is 29.0. The SMILES string of the molecule is CSCCC(NC(=O)C(Cc1cnc[nH]1)NC(=O)C1CCCN1C(=O)C(C)N)C(=O)NC(CCCN=C(N)N)C(=O)NC(Cc1ccccc1)C(=O)NC(Cc1ccc(O)cc1)C(=O)NCC(=O)NC(CO)C(=O)NC(CCCN=C(N)N)C(N)=O. The van der Waals surface area contributed by atoms with Crippen LogP contribution in [0, 0.1) is 0 Å². The van der Waals surface area contributed by atoms with Crippen molar-refractivity contribution in [1.29, 1.82) is 0 Å². The molecule has 32 heteroatoms. The first-order valence-corrected chi connectivity index (χ1v) is 29.1. The number of H-pyrrole nitrogens is 1. The average Bonchev–Trinajstić information content (AvgIpc) is 3.30. The molecule has 1 fully saturated rings. The summed E-state index contributed by atoms with van der Waals surface area (Å²) in [6.07, 6.45) is 5.34. The van der Waals surface area contributed by atoms with Gasteiger partial charge < -0.3 is 97.0 Å². The monoisotopic (exact) mass is 1220 g/mol. The Morgan fingerprint density at radius 2 is 1.17 bits per heavy atom. The fourth-order valence-corrected chi connectivity index (χ4v) is 9.42. The molecule has 4 rings (SSSR count). The van der Waals surface area contributed by atoms with Crippen LogP contribution in [0.15, 0.2) is 77.1 Å². The van der Waals surface area contributed by atoms with Crippen LogP contribution in [0.1, 0.15) is 68.7 Å². The number of aliphatic imine (C=N–C) groups is 2. The Balaban J connectivity index is 1.59. The number of nitrogens with two attached hydrogens (primary N) is 6. The van der Waals surface area contributed by atoms with Gasteiger partial charge in [0.25, 0.3) is 0 Å². The molecule has 23 N–H and O–H groups in total. The van der Waals surface area contributed by atoms with Crippen LogP contribution < -0.4 is 76.9 Å². The summed E-state index contributed by atoms with van der Waals surface area (Å²) in [4.78, 5) is 153. The summed E-state index contributed by atoms with van der Waals surface area (Å²) in [7, 11) is 0. The number of aliphatic hydroxyl groups is 1. The van der Waals surface area contributed by atoms with Crippen molar-refractivity contribution in [2.45, 2.75) is 126 Å². The fraction of sp³-hybridized carbons (Fsp3) is 0.500. The Hall–Kier alpha value is -9.04. The molecule has 1 aliphatic rings. The summed E-state index contributed by atoms with van der Waals surface area (Å²) in [5, 5.41) is 40.7. The molecule has 1 saturated heterocycles. The van der Waals surface area contributed by atoms with Crippen molar-refractivity contribution in [3.8, 4) is 5.75 Å². The molecule has 0 radical (unpaired) electrons. The molecule has 2 aromatic carbocycles. The van der Waals surface area contributed by atoms with E-state index in [1.807, 2.05) is 0 Å². The zero-order valence-electron chi connectivity index (χ0n) is 48.0. The number of nitrogens with one attached hydrogen (secondary N) is 9. The van der Waals surface area contributed by atoms with Crippen LogP contribution in [0.2, 0.25) is 0 Å². The van der Waals surface area contributed by atoms with E-state index in [2.05, 4.69) is 62.5 Å². The van der Waals surface area contributed by atoms with Gasteiger partial charge in [0.05, 0.1) is 25.5 Å². The van der Waals surface area contributed by atoms with E-state index in [0.29, 0.717) is 42.0 Å². The number of aromatic nitrogens is 2. The van der Waals surface area contributed by atoms with Gasteiger partial charge in [0.15, 0.2) is 11.9 Å². The van der Waals surface area contributed by atoms with E-state index >= 15 is 0 Å². The number of aromatic hydroxyl groups is 1. The Morgan fingerprint density at radius 3 is 1.71 bits per heavy atom. The minimum Gasteiger partial charge on any atom is -0.508 e. The number of primary amides is 1. The van der Waals surface area contributed by atoms with Crippen molar-refractivity contribution in [3.63, 3.8) is 0 Å². The van der Waals surface area contributed by atoms with Crippen LogP contribution in [0.25, 0.3) is 0 Å². The predicted molar refractivity (Wildman–Crippen MR) is 318 cm³/mol. The molecule has 470 valence electrons. The van der Waals surface area contributed by atoms with E-state index in [4.69, 9.17) is 34.4 Å². The van der Waals surface area contributed by atoms with Gasteiger partial charge >= 0.3 is 0 Å². The van der Waals surface area contributed by atoms with Crippen LogP contribution in [-0.2, 0) is 67.2 Å². The van der Waals surface area contributed by atoms with Gasteiger partial charge in [-0.15, -0.1) is 0 Å². The smallest absolute Gasteiger partial charge is 0.245 e. The van der Waals surface area contributed by atoms with Crippen molar-refractivity contribution < 1.29 is 58.2 Å². The number of nitrogens with zero attached hydrogens (tertiary/aromatic N) is 4. The van der Waals surface area contributed by atoms with E-state index < -0.39 is 127 Å². The topological polar surface area (TPSA) is 520 Å². The predicted octanol–water partition coefficient (Wildman–Crippen LogP) is -5.67. The third kappa shape index (κ3) is 23.9. The maximum atomic E-state index is 14.7. The van der Waals surface area contributed by atoms with E-state index in [-0.39, 0.29) is 82.1 Å². The van der Waals surface area contributed by atoms with Crippen molar-refractivity contribution in [3.05, 3.63) is 83.9 Å². The van der Waals surface area contributed by atoms with Gasteiger partial charge in [-0.25, -0.2) is 4.98 Å². The summed E-state index contributed by atoms with van der Waals surface area (Å²) < 4.78 is 0. The van der Waals surface area contributed by atoms with Gasteiger partial charge in [0.2, 0.25) is 59.1 Å². The van der Waals surface area contributed by atoms with Gasteiger partial charge in [-0.3, -0.25) is 57.9 Å². The highest BCUT2D eigenvalue weighted by atomic mass is 32.2. The molecule has 3 aromatic rings. The summed E-state index contributed by atoms with van der Waals surface area (Å²) in [6, 6.07) is 2.64. The minimum absolute atomic E-state index is 0.0179. The third-order valence-electron chi connectivity index (χ3n) is 13.4. The summed E-state index contributed by atoms with van der Waals surface area (Å²) >= 11 is 1.37. The standard InChI is InChI=1S/C54H81N19O12S/c1-30(55)52(85)73-21-8-13-42(73)51(84)72-40(25-33-26-61-29-65-33)49(82)69-37(18-22-86-2)47(80)68-36(12-7-20-63-54(59)60)46(79)71-39(23-31-9-4-3-5-10-31)48(81)70-38(24-32-14-16-34(75)17-15-32)45(78)64-27-43(76)66-41(28-74)50(83)67-35(44(56)77)11-6-19-62-53(57)58/h3-5,9-10,14-17,26,29-30,35-42,74-75H,6-8,11-13,18-25,27-28,55H2,1-2H3,(H2,56,77)(H,61,65)(H,64,78)(H,66,76)(H,67,83)(H,68,80)(H,69,82)(H,70,81)(H,71,79)(H,72,84)(H4,57,58,62)(H4,59,60,63). The normalized spacial score (nSPS) is 15.5. The lowest BCUT2D eigenvalue weighted by atomic mass is 10.0. The Labute approximate surface area is 501 Å². The molecule has 0 aliphatic carbocycles. The molecule has 1 aliphatic heterocycles. The zero-order chi connectivity index (χ0) is 63.3. The minimum atomic E-state index is -1.60. The number of phenols is 1. The second-order valence-corrected chi connectivity index (χ2v) is 21.3. The molecule has 9 unspecified atom stereocenters. The second-order valence-electron chi connectivity index (χ2n) is 20.3. The molecular weight excluding hydrogens is 1140 g/mol. The largest absolute Gasteiger partial charge is 0.508 e. The Morgan fingerprint density at radius 1 is 0.663 bits per heavy atom. The number of carbonyl (C=O) groups excluding carboxylic acids is 10. The first-order chi connectivity index (χ1) is 41.0. The first-order valence-electron chi connectivity index (χ1n) is 27.7. The van der Waals surface area contributed by atoms with E-state index in [1.165, 1.54) is 60.4 Å². The second kappa shape index (κ2) is 36.0. The molecule has 2 heterocycles. The van der Waals surface area contributed by atoms with Crippen LogP contribution >= 0.6 is 11.8 Å². The number of aromatic amines is 1. The molecule has 1 aromatic heterocycles. The van der Waals surface area contributed by atoms with Crippen LogP contribution in [-0.4, -0.2) is 195 Å². The molecule has 9 atom stereocenters. The molecule has 10 amide bonds. The van der Waals surface area contributed by atoms with E-state index in [1.54, 1.807) is 36.6 Å². The summed E-state index contributed by atoms with van der Waals surface area (Å²) in [5.41, 5.74) is 34.6. The summed E-state index contributed by atoms with van der Waals surface area (Å²) in [5.74, 6) is -8.31. The average molecular weight is 1220 g/mol. The van der Waals surface area contributed by atoms with Gasteiger partial charge in [-0.1, -0.05) is 42.5 Å². The lowest BCUT2D eigenvalue weighted by Crippen LogP contribution is -2.60. The number of hydrogen-bond donors (Lipinski definition) is 17. The van der Waals surface area contributed by atoms with Crippen molar-refractivity contribution in [2.75, 3.05) is 44.8 Å².